The van der Waals surface area contributed by atoms with Gasteiger partial charge in [-0.25, -0.2) is 4.79 Å². The van der Waals surface area contributed by atoms with Crippen molar-refractivity contribution in [3.63, 3.8) is 0 Å². The molecule has 0 aromatic heterocycles. The van der Waals surface area contributed by atoms with Crippen molar-refractivity contribution < 1.29 is 14.6 Å². The monoisotopic (exact) mass is 306 g/mol. The largest absolute Gasteiger partial charge is 0.508 e. The Morgan fingerprint density at radius 3 is 2.82 bits per heavy atom. The van der Waals surface area contributed by atoms with E-state index in [9.17, 15) is 9.90 Å². The number of rotatable bonds is 2. The number of benzene rings is 1. The lowest BCUT2D eigenvalue weighted by molar-refractivity contribution is 0.0152. The van der Waals surface area contributed by atoms with Gasteiger partial charge in [-0.2, -0.15) is 0 Å². The van der Waals surface area contributed by atoms with Gasteiger partial charge in [-0.1, -0.05) is 12.1 Å². The fourth-order valence-electron chi connectivity index (χ4n) is 2.80. The number of hydrogen-bond acceptors (Lipinski definition) is 4. The van der Waals surface area contributed by atoms with Crippen LogP contribution in [-0.4, -0.2) is 34.8 Å². The van der Waals surface area contributed by atoms with Crippen molar-refractivity contribution in [2.24, 2.45) is 11.7 Å². The van der Waals surface area contributed by atoms with Crippen molar-refractivity contribution in [3.05, 3.63) is 29.8 Å². The number of piperidine rings is 1. The van der Waals surface area contributed by atoms with Gasteiger partial charge in [-0.05, 0) is 57.2 Å². The van der Waals surface area contributed by atoms with Gasteiger partial charge in [0.05, 0.1) is 0 Å². The van der Waals surface area contributed by atoms with Crippen LogP contribution in [0.1, 0.15) is 45.2 Å². The number of phenols is 1. The van der Waals surface area contributed by atoms with Crippen LogP contribution < -0.4 is 5.73 Å². The number of carbonyl (C=O) groups excluding carboxylic acids is 1. The molecule has 0 radical (unpaired) electrons. The molecule has 5 heteroatoms. The van der Waals surface area contributed by atoms with Crippen molar-refractivity contribution in [2.75, 3.05) is 13.1 Å². The summed E-state index contributed by atoms with van der Waals surface area (Å²) in [4.78, 5) is 13.9. The molecule has 1 aliphatic heterocycles. The first-order chi connectivity index (χ1) is 10.3. The standard InChI is InChI=1S/C17H26N2O3/c1-17(2,3)22-16(21)19-9-5-7-13(11-19)15(18)12-6-4-8-14(20)10-12/h4,6,8,10,13,15,20H,5,7,9,11,18H2,1-3H3. The average molecular weight is 306 g/mol. The molecule has 1 heterocycles. The van der Waals surface area contributed by atoms with Gasteiger partial charge in [0, 0.05) is 19.1 Å². The average Bonchev–Trinajstić information content (AvgIpc) is 2.45. The molecule has 2 rings (SSSR count). The van der Waals surface area contributed by atoms with E-state index in [0.717, 1.165) is 18.4 Å². The van der Waals surface area contributed by atoms with Crippen LogP contribution in [0.5, 0.6) is 5.75 Å². The molecule has 0 spiro atoms. The summed E-state index contributed by atoms with van der Waals surface area (Å²) in [7, 11) is 0. The number of amides is 1. The van der Waals surface area contributed by atoms with Gasteiger partial charge < -0.3 is 20.5 Å². The van der Waals surface area contributed by atoms with Crippen molar-refractivity contribution in [3.8, 4) is 5.75 Å². The summed E-state index contributed by atoms with van der Waals surface area (Å²) in [6, 6.07) is 6.83. The van der Waals surface area contributed by atoms with E-state index >= 15 is 0 Å². The summed E-state index contributed by atoms with van der Waals surface area (Å²) in [6.45, 7) is 6.89. The van der Waals surface area contributed by atoms with Gasteiger partial charge >= 0.3 is 6.09 Å². The molecule has 2 atom stereocenters. The maximum Gasteiger partial charge on any atom is 0.410 e. The highest BCUT2D eigenvalue weighted by atomic mass is 16.6. The summed E-state index contributed by atoms with van der Waals surface area (Å²) in [6.07, 6.45) is 1.60. The van der Waals surface area contributed by atoms with Crippen LogP contribution in [0.2, 0.25) is 0 Å². The first-order valence-corrected chi connectivity index (χ1v) is 7.79. The molecule has 1 saturated heterocycles. The van der Waals surface area contributed by atoms with Gasteiger partial charge in [0.2, 0.25) is 0 Å². The predicted octanol–water partition coefficient (Wildman–Crippen LogP) is 3.04. The zero-order valence-electron chi connectivity index (χ0n) is 13.6. The summed E-state index contributed by atoms with van der Waals surface area (Å²) in [5.41, 5.74) is 6.75. The SMILES string of the molecule is CC(C)(C)OC(=O)N1CCCC(C(N)c2cccc(O)c2)C1. The number of nitrogens with zero attached hydrogens (tertiary/aromatic N) is 1. The Morgan fingerprint density at radius 2 is 2.18 bits per heavy atom. The maximum atomic E-state index is 12.2. The number of ether oxygens (including phenoxy) is 1. The molecule has 122 valence electrons. The van der Waals surface area contributed by atoms with Crippen molar-refractivity contribution in [1.82, 2.24) is 4.90 Å². The first-order valence-electron chi connectivity index (χ1n) is 7.79. The molecule has 1 aromatic rings. The predicted molar refractivity (Wildman–Crippen MR) is 85.6 cm³/mol. The molecule has 2 unspecified atom stereocenters. The smallest absolute Gasteiger partial charge is 0.410 e. The van der Waals surface area contributed by atoms with E-state index in [-0.39, 0.29) is 23.8 Å². The van der Waals surface area contributed by atoms with Gasteiger partial charge in [0.25, 0.3) is 0 Å². The highest BCUT2D eigenvalue weighted by Gasteiger charge is 2.30. The minimum Gasteiger partial charge on any atom is -0.508 e. The first kappa shape index (κ1) is 16.6. The van der Waals surface area contributed by atoms with E-state index in [1.807, 2.05) is 26.8 Å². The lowest BCUT2D eigenvalue weighted by Crippen LogP contribution is -2.45. The molecule has 0 bridgehead atoms. The van der Waals surface area contributed by atoms with Crippen LogP contribution in [0, 0.1) is 5.92 Å². The molecular weight excluding hydrogens is 280 g/mol. The van der Waals surface area contributed by atoms with Crippen molar-refractivity contribution >= 4 is 6.09 Å². The molecular formula is C17H26N2O3. The van der Waals surface area contributed by atoms with Crippen molar-refractivity contribution in [2.45, 2.75) is 45.3 Å². The lowest BCUT2D eigenvalue weighted by Gasteiger charge is -2.36. The Balaban J connectivity index is 2.02. The van der Waals surface area contributed by atoms with Crippen LogP contribution in [0.15, 0.2) is 24.3 Å². The third kappa shape index (κ3) is 4.37. The van der Waals surface area contributed by atoms with E-state index in [4.69, 9.17) is 10.5 Å². The zero-order valence-corrected chi connectivity index (χ0v) is 13.6. The molecule has 1 aliphatic rings. The van der Waals surface area contributed by atoms with Crippen LogP contribution in [-0.2, 0) is 4.74 Å². The van der Waals surface area contributed by atoms with Crippen LogP contribution >= 0.6 is 0 Å². The molecule has 0 saturated carbocycles. The second-order valence-corrected chi connectivity index (χ2v) is 6.95. The van der Waals surface area contributed by atoms with Crippen LogP contribution in [0.25, 0.3) is 0 Å². The van der Waals surface area contributed by atoms with Crippen LogP contribution in [0.4, 0.5) is 4.79 Å². The number of phenolic OH excluding ortho intramolecular Hbond substituents is 1. The Bertz CT molecular complexity index is 525. The fourth-order valence-corrected chi connectivity index (χ4v) is 2.80. The third-order valence-corrected chi connectivity index (χ3v) is 3.87. The van der Waals surface area contributed by atoms with Gasteiger partial charge in [-0.15, -0.1) is 0 Å². The summed E-state index contributed by atoms with van der Waals surface area (Å²) < 4.78 is 5.44. The van der Waals surface area contributed by atoms with Gasteiger partial charge in [0.15, 0.2) is 0 Å². The van der Waals surface area contributed by atoms with E-state index in [1.165, 1.54) is 0 Å². The normalized spacial score (nSPS) is 20.5. The topological polar surface area (TPSA) is 75.8 Å². The quantitative estimate of drug-likeness (QED) is 0.880. The van der Waals surface area contributed by atoms with E-state index < -0.39 is 5.60 Å². The van der Waals surface area contributed by atoms with Gasteiger partial charge in [0.1, 0.15) is 11.4 Å². The van der Waals surface area contributed by atoms with E-state index in [2.05, 4.69) is 0 Å². The molecule has 0 aliphatic carbocycles. The Labute approximate surface area is 132 Å². The lowest BCUT2D eigenvalue weighted by atomic mass is 9.87. The minimum absolute atomic E-state index is 0.170. The molecule has 3 N–H and O–H groups in total. The zero-order chi connectivity index (χ0) is 16.3. The van der Waals surface area contributed by atoms with E-state index in [0.29, 0.717) is 13.1 Å². The summed E-state index contributed by atoms with van der Waals surface area (Å²) in [5.74, 6) is 0.385. The molecule has 5 nitrogen and oxygen atoms in total. The molecule has 1 aromatic carbocycles. The molecule has 1 amide bonds. The second kappa shape index (κ2) is 6.57. The molecule has 22 heavy (non-hydrogen) atoms. The highest BCUT2D eigenvalue weighted by Crippen LogP contribution is 2.30. The number of aromatic hydroxyl groups is 1. The highest BCUT2D eigenvalue weighted by molar-refractivity contribution is 5.68. The van der Waals surface area contributed by atoms with Crippen molar-refractivity contribution in [1.29, 1.82) is 0 Å². The number of hydrogen-bond donors (Lipinski definition) is 2. The fraction of sp³-hybridized carbons (Fsp3) is 0.588. The molecule has 1 fully saturated rings. The van der Waals surface area contributed by atoms with E-state index in [1.54, 1.807) is 23.1 Å². The summed E-state index contributed by atoms with van der Waals surface area (Å²) in [5, 5.41) is 9.59. The number of carbonyl (C=O) groups is 1. The Kier molecular flexibility index (Phi) is 4.96. The Hall–Kier alpha value is -1.75. The summed E-state index contributed by atoms with van der Waals surface area (Å²) >= 11 is 0. The van der Waals surface area contributed by atoms with Crippen LogP contribution in [0.3, 0.4) is 0 Å². The maximum absolute atomic E-state index is 12.2. The Morgan fingerprint density at radius 1 is 1.45 bits per heavy atom. The minimum atomic E-state index is -0.489. The second-order valence-electron chi connectivity index (χ2n) is 6.95. The number of nitrogens with two attached hydrogens (primary N) is 1. The number of likely N-dealkylation sites (tertiary alicyclic amines) is 1. The van der Waals surface area contributed by atoms with Gasteiger partial charge in [-0.3, -0.25) is 0 Å². The third-order valence-electron chi connectivity index (χ3n) is 3.87.